The van der Waals surface area contributed by atoms with Gasteiger partial charge in [-0.2, -0.15) is 0 Å². The third kappa shape index (κ3) is 7.30. The number of nitrogens with one attached hydrogen (secondary N) is 2. The van der Waals surface area contributed by atoms with E-state index < -0.39 is 6.09 Å². The van der Waals surface area contributed by atoms with E-state index >= 15 is 0 Å². The summed E-state index contributed by atoms with van der Waals surface area (Å²) in [5.74, 6) is 0. The molecule has 0 unspecified atom stereocenters. The molecule has 0 saturated heterocycles. The van der Waals surface area contributed by atoms with E-state index in [9.17, 15) is 4.79 Å². The molecule has 3 rings (SSSR count). The van der Waals surface area contributed by atoms with Crippen LogP contribution in [0.3, 0.4) is 0 Å². The molecule has 0 radical (unpaired) electrons. The van der Waals surface area contributed by atoms with Crippen LogP contribution in [0.2, 0.25) is 0 Å². The molecule has 1 amide bonds. The van der Waals surface area contributed by atoms with Gasteiger partial charge < -0.3 is 21.1 Å². The van der Waals surface area contributed by atoms with Crippen LogP contribution in [0.1, 0.15) is 51.4 Å². The summed E-state index contributed by atoms with van der Waals surface area (Å²) in [5, 5.41) is 9.18. The number of ether oxygens (including phenoxy) is 1. The second-order valence-corrected chi connectivity index (χ2v) is 10.6. The van der Waals surface area contributed by atoms with Gasteiger partial charge in [0.05, 0.1) is 11.7 Å². The number of thiazole rings is 1. The highest BCUT2D eigenvalue weighted by molar-refractivity contribution is 7.13. The van der Waals surface area contributed by atoms with E-state index in [4.69, 9.17) is 15.5 Å². The van der Waals surface area contributed by atoms with Crippen molar-refractivity contribution in [2.24, 2.45) is 16.6 Å². The summed E-state index contributed by atoms with van der Waals surface area (Å²) in [6.07, 6.45) is 0.340. The van der Waals surface area contributed by atoms with Crippen LogP contribution in [0.15, 0.2) is 66.0 Å². The minimum atomic E-state index is -0.465. The van der Waals surface area contributed by atoms with Crippen molar-refractivity contribution < 1.29 is 9.53 Å². The average Bonchev–Trinajstić information content (AvgIpc) is 3.24. The first-order valence-electron chi connectivity index (χ1n) is 11.1. The van der Waals surface area contributed by atoms with Crippen LogP contribution in [0.5, 0.6) is 0 Å². The molecule has 0 aliphatic carbocycles. The number of anilines is 2. The molecule has 0 spiro atoms. The lowest BCUT2D eigenvalue weighted by Crippen LogP contribution is -2.42. The normalized spacial score (nSPS) is 12.8. The zero-order valence-electron chi connectivity index (χ0n) is 19.8. The van der Waals surface area contributed by atoms with Crippen LogP contribution in [0.4, 0.5) is 15.6 Å². The highest BCUT2D eigenvalue weighted by Gasteiger charge is 2.38. The van der Waals surface area contributed by atoms with Crippen LogP contribution in [-0.4, -0.2) is 17.6 Å². The lowest BCUT2D eigenvalue weighted by molar-refractivity contribution is 0.107. The topological polar surface area (TPSA) is 89.3 Å². The summed E-state index contributed by atoms with van der Waals surface area (Å²) >= 11 is 1.51. The first-order valence-corrected chi connectivity index (χ1v) is 12.0. The number of para-hydroxylation sites is 1. The summed E-state index contributed by atoms with van der Waals surface area (Å²) in [5.41, 5.74) is 8.33. The predicted octanol–water partition coefficient (Wildman–Crippen LogP) is 6.26. The third-order valence-corrected chi connectivity index (χ3v) is 6.36. The number of nitrogens with zero attached hydrogens (tertiary/aromatic N) is 1. The number of carbonyl (C=O) groups is 1. The van der Waals surface area contributed by atoms with Gasteiger partial charge in [-0.25, -0.2) is 9.78 Å². The Hall–Kier alpha value is -2.90. The molecule has 176 valence electrons. The van der Waals surface area contributed by atoms with Gasteiger partial charge in [-0.3, -0.25) is 0 Å². The Morgan fingerprint density at radius 1 is 1.06 bits per heavy atom. The van der Waals surface area contributed by atoms with Crippen LogP contribution in [0.25, 0.3) is 0 Å². The van der Waals surface area contributed by atoms with E-state index in [1.54, 1.807) is 0 Å². The molecule has 6 nitrogen and oxygen atoms in total. The second kappa shape index (κ2) is 10.8. The molecule has 0 fully saturated rings. The van der Waals surface area contributed by atoms with Crippen molar-refractivity contribution in [1.29, 1.82) is 0 Å². The second-order valence-electron chi connectivity index (χ2n) is 9.74. The Bertz CT molecular complexity index is 1020. The van der Waals surface area contributed by atoms with Crippen molar-refractivity contribution in [2.75, 3.05) is 11.9 Å². The zero-order valence-corrected chi connectivity index (χ0v) is 20.6. The van der Waals surface area contributed by atoms with Crippen molar-refractivity contribution in [1.82, 2.24) is 10.3 Å². The maximum absolute atomic E-state index is 12.8. The lowest BCUT2D eigenvalue weighted by atomic mass is 9.70. The molecule has 1 aromatic heterocycles. The van der Waals surface area contributed by atoms with E-state index in [0.717, 1.165) is 28.5 Å². The first-order chi connectivity index (χ1) is 15.7. The molecule has 0 bridgehead atoms. The number of benzene rings is 2. The summed E-state index contributed by atoms with van der Waals surface area (Å²) in [6.45, 7) is 9.32. The van der Waals surface area contributed by atoms with Crippen LogP contribution >= 0.6 is 11.3 Å². The van der Waals surface area contributed by atoms with E-state index in [2.05, 4.69) is 38.3 Å². The number of nitrogens with two attached hydrogens (primary N) is 1. The highest BCUT2D eigenvalue weighted by atomic mass is 32.1. The van der Waals surface area contributed by atoms with Crippen LogP contribution in [-0.2, 0) is 11.3 Å². The molecule has 2 aromatic carbocycles. The average molecular weight is 467 g/mol. The number of aromatic nitrogens is 1. The van der Waals surface area contributed by atoms with Crippen molar-refractivity contribution in [2.45, 2.75) is 46.8 Å². The van der Waals surface area contributed by atoms with E-state index in [0.29, 0.717) is 6.54 Å². The molecule has 0 aliphatic rings. The van der Waals surface area contributed by atoms with E-state index in [1.165, 1.54) is 11.3 Å². The molecule has 1 heterocycles. The number of rotatable bonds is 10. The summed E-state index contributed by atoms with van der Waals surface area (Å²) in [4.78, 5) is 17.6. The predicted molar refractivity (Wildman–Crippen MR) is 136 cm³/mol. The maximum Gasteiger partial charge on any atom is 0.408 e. The molecular weight excluding hydrogens is 432 g/mol. The molecule has 1 atom stereocenters. The van der Waals surface area contributed by atoms with Crippen molar-refractivity contribution in [3.05, 3.63) is 77.3 Å². The fraction of sp³-hybridized carbons (Fsp3) is 0.385. The van der Waals surface area contributed by atoms with Gasteiger partial charge in [0.15, 0.2) is 5.13 Å². The Kier molecular flexibility index (Phi) is 8.10. The van der Waals surface area contributed by atoms with Crippen molar-refractivity contribution >= 4 is 28.2 Å². The number of amides is 1. The van der Waals surface area contributed by atoms with Gasteiger partial charge in [0.25, 0.3) is 0 Å². The fourth-order valence-corrected chi connectivity index (χ4v) is 4.84. The largest absolute Gasteiger partial charge is 0.445 e. The van der Waals surface area contributed by atoms with Gasteiger partial charge in [0, 0.05) is 11.1 Å². The number of hydrogen-bond acceptors (Lipinski definition) is 6. The van der Waals surface area contributed by atoms with Gasteiger partial charge in [0.2, 0.25) is 0 Å². The molecular formula is C26H34N4O2S. The van der Waals surface area contributed by atoms with E-state index in [-0.39, 0.29) is 23.5 Å². The zero-order chi connectivity index (χ0) is 23.9. The quantitative estimate of drug-likeness (QED) is 0.328. The molecule has 3 aromatic rings. The number of hydrogen-bond donors (Lipinski definition) is 3. The number of alkyl carbamates (subject to hydrolysis) is 1. The molecule has 0 aliphatic heterocycles. The Balaban J connectivity index is 1.78. The summed E-state index contributed by atoms with van der Waals surface area (Å²) in [6, 6.07) is 19.2. The standard InChI is InChI=1S/C26H34N4O2S/c1-25(2,18-27)17-26(3,4)22(30-24(31)32-15-19-11-7-5-8-12-19)21-16-33-23(29-21)28-20-13-9-6-10-14-20/h5-14,16,22H,15,17-18,27H2,1-4H3,(H,28,29)(H,30,31)/t22-/m1/s1. The SMILES string of the molecule is CC(C)(CN)CC(C)(C)[C@H](NC(=O)OCc1ccccc1)c1csc(Nc2ccccc2)n1. The fourth-order valence-electron chi connectivity index (χ4n) is 4.08. The van der Waals surface area contributed by atoms with Crippen LogP contribution in [0, 0.1) is 10.8 Å². The number of carbonyl (C=O) groups excluding carboxylic acids is 1. The molecule has 7 heteroatoms. The van der Waals surface area contributed by atoms with Gasteiger partial charge in [0.1, 0.15) is 6.61 Å². The van der Waals surface area contributed by atoms with Gasteiger partial charge >= 0.3 is 6.09 Å². The van der Waals surface area contributed by atoms with Crippen molar-refractivity contribution in [3.63, 3.8) is 0 Å². The van der Waals surface area contributed by atoms with Gasteiger partial charge in [-0.05, 0) is 41.5 Å². The minimum Gasteiger partial charge on any atom is -0.445 e. The Labute approximate surface area is 200 Å². The monoisotopic (exact) mass is 466 g/mol. The Morgan fingerprint density at radius 2 is 1.70 bits per heavy atom. The molecule has 4 N–H and O–H groups in total. The first kappa shape index (κ1) is 24.7. The minimum absolute atomic E-state index is 0.0848. The lowest BCUT2D eigenvalue weighted by Gasteiger charge is -2.39. The smallest absolute Gasteiger partial charge is 0.408 e. The van der Waals surface area contributed by atoms with Crippen LogP contribution < -0.4 is 16.4 Å². The van der Waals surface area contributed by atoms with E-state index in [1.807, 2.05) is 66.0 Å². The van der Waals surface area contributed by atoms with Gasteiger partial charge in [-0.1, -0.05) is 76.2 Å². The molecule has 33 heavy (non-hydrogen) atoms. The third-order valence-electron chi connectivity index (χ3n) is 5.59. The molecule has 0 saturated carbocycles. The van der Waals surface area contributed by atoms with Gasteiger partial charge in [-0.15, -0.1) is 11.3 Å². The summed E-state index contributed by atoms with van der Waals surface area (Å²) in [7, 11) is 0. The summed E-state index contributed by atoms with van der Waals surface area (Å²) < 4.78 is 5.52. The Morgan fingerprint density at radius 3 is 2.33 bits per heavy atom. The van der Waals surface area contributed by atoms with Crippen molar-refractivity contribution in [3.8, 4) is 0 Å². The maximum atomic E-state index is 12.8. The highest BCUT2D eigenvalue weighted by Crippen LogP contribution is 2.43.